The van der Waals surface area contributed by atoms with Crippen molar-refractivity contribution in [3.63, 3.8) is 0 Å². The Kier molecular flexibility index (Phi) is 5.16. The van der Waals surface area contributed by atoms with Crippen molar-refractivity contribution in [2.24, 2.45) is 0 Å². The van der Waals surface area contributed by atoms with E-state index in [1.54, 1.807) is 0 Å². The summed E-state index contributed by atoms with van der Waals surface area (Å²) >= 11 is 17.4. The molecule has 0 saturated heterocycles. The molecule has 1 aromatic carbocycles. The standard InChI is InChI=1S/C11H4Cl3F5N2S/c12-5-1-4(11(17,18)19)2-6(13)8(5)21-3-7(14)20-10(21)22-9(15)16/h1-3,9H. The minimum atomic E-state index is -4.64. The van der Waals surface area contributed by atoms with Crippen molar-refractivity contribution in [2.75, 3.05) is 0 Å². The molecule has 2 nitrogen and oxygen atoms in total. The van der Waals surface area contributed by atoms with E-state index in [0.717, 1.165) is 10.8 Å². The highest BCUT2D eigenvalue weighted by Gasteiger charge is 2.32. The Morgan fingerprint density at radius 2 is 1.64 bits per heavy atom. The van der Waals surface area contributed by atoms with Gasteiger partial charge < -0.3 is 0 Å². The molecule has 11 heteroatoms. The van der Waals surface area contributed by atoms with Crippen LogP contribution in [0.4, 0.5) is 22.0 Å². The van der Waals surface area contributed by atoms with Crippen molar-refractivity contribution in [1.29, 1.82) is 0 Å². The number of nitrogens with zero attached hydrogens (tertiary/aromatic N) is 2. The van der Waals surface area contributed by atoms with Crippen LogP contribution in [0.3, 0.4) is 0 Å². The van der Waals surface area contributed by atoms with Gasteiger partial charge in [0.25, 0.3) is 5.76 Å². The molecule has 0 atom stereocenters. The number of hydrogen-bond donors (Lipinski definition) is 0. The summed E-state index contributed by atoms with van der Waals surface area (Å²) in [5.74, 6) is -2.80. The van der Waals surface area contributed by atoms with Gasteiger partial charge in [-0.3, -0.25) is 4.57 Å². The van der Waals surface area contributed by atoms with Gasteiger partial charge in [-0.2, -0.15) is 22.0 Å². The van der Waals surface area contributed by atoms with Crippen LogP contribution in [0.25, 0.3) is 5.69 Å². The number of halogens is 8. The molecule has 1 aromatic heterocycles. The monoisotopic (exact) mass is 396 g/mol. The van der Waals surface area contributed by atoms with Crippen molar-refractivity contribution in [2.45, 2.75) is 17.1 Å². The quantitative estimate of drug-likeness (QED) is 0.455. The number of alkyl halides is 5. The molecule has 0 radical (unpaired) electrons. The van der Waals surface area contributed by atoms with Gasteiger partial charge >= 0.3 is 6.18 Å². The van der Waals surface area contributed by atoms with Crippen LogP contribution in [0.2, 0.25) is 15.2 Å². The fourth-order valence-corrected chi connectivity index (χ4v) is 3.08. The number of rotatable bonds is 3. The Morgan fingerprint density at radius 1 is 1.09 bits per heavy atom. The maximum Gasteiger partial charge on any atom is 0.416 e. The van der Waals surface area contributed by atoms with Crippen LogP contribution >= 0.6 is 46.6 Å². The van der Waals surface area contributed by atoms with Gasteiger partial charge in [0, 0.05) is 6.20 Å². The second-order valence-corrected chi connectivity index (χ2v) is 6.04. The molecular weight excluding hydrogens is 394 g/mol. The topological polar surface area (TPSA) is 17.8 Å². The zero-order valence-electron chi connectivity index (χ0n) is 10.1. The number of thioether (sulfide) groups is 1. The third-order valence-electron chi connectivity index (χ3n) is 2.42. The maximum absolute atomic E-state index is 12.7. The molecule has 0 spiro atoms. The molecule has 120 valence electrons. The summed E-state index contributed by atoms with van der Waals surface area (Å²) in [5.41, 5.74) is -1.17. The minimum Gasteiger partial charge on any atom is -0.290 e. The molecule has 0 aliphatic rings. The van der Waals surface area contributed by atoms with Crippen LogP contribution < -0.4 is 0 Å². The highest BCUT2D eigenvalue weighted by atomic mass is 35.5. The van der Waals surface area contributed by atoms with E-state index in [0.29, 0.717) is 12.1 Å². The van der Waals surface area contributed by atoms with Crippen LogP contribution in [-0.4, -0.2) is 15.3 Å². The van der Waals surface area contributed by atoms with Crippen LogP contribution in [0, 0.1) is 0 Å². The Hall–Kier alpha value is -0.700. The van der Waals surface area contributed by atoms with Gasteiger partial charge in [0.1, 0.15) is 5.15 Å². The van der Waals surface area contributed by atoms with E-state index in [9.17, 15) is 22.0 Å². The molecule has 0 unspecified atom stereocenters. The largest absolute Gasteiger partial charge is 0.416 e. The molecule has 0 aliphatic carbocycles. The molecule has 0 N–H and O–H groups in total. The average Bonchev–Trinajstić information content (AvgIpc) is 2.67. The number of hydrogen-bond acceptors (Lipinski definition) is 2. The summed E-state index contributed by atoms with van der Waals surface area (Å²) in [6, 6.07) is 1.29. The Labute approximate surface area is 140 Å². The third kappa shape index (κ3) is 3.79. The molecule has 22 heavy (non-hydrogen) atoms. The molecule has 0 aliphatic heterocycles. The van der Waals surface area contributed by atoms with E-state index in [4.69, 9.17) is 34.8 Å². The minimum absolute atomic E-state index is 0.0624. The first-order valence-electron chi connectivity index (χ1n) is 5.36. The van der Waals surface area contributed by atoms with Crippen molar-refractivity contribution >= 4 is 46.6 Å². The van der Waals surface area contributed by atoms with Crippen molar-refractivity contribution in [3.8, 4) is 5.69 Å². The van der Waals surface area contributed by atoms with Crippen molar-refractivity contribution in [1.82, 2.24) is 9.55 Å². The molecule has 2 aromatic rings. The van der Waals surface area contributed by atoms with Gasteiger partial charge in [-0.05, 0) is 23.9 Å². The lowest BCUT2D eigenvalue weighted by Gasteiger charge is -2.14. The number of benzene rings is 1. The van der Waals surface area contributed by atoms with Crippen molar-refractivity contribution < 1.29 is 22.0 Å². The lowest BCUT2D eigenvalue weighted by atomic mass is 10.2. The van der Waals surface area contributed by atoms with Crippen LogP contribution in [0.5, 0.6) is 0 Å². The predicted octanol–water partition coefficient (Wildman–Crippen LogP) is 6.17. The zero-order valence-corrected chi connectivity index (χ0v) is 13.2. The third-order valence-corrected chi connectivity index (χ3v) is 3.86. The second kappa shape index (κ2) is 6.43. The number of imidazole rings is 1. The molecule has 0 bridgehead atoms. The Balaban J connectivity index is 2.59. The Morgan fingerprint density at radius 3 is 2.09 bits per heavy atom. The van der Waals surface area contributed by atoms with E-state index < -0.39 is 17.5 Å². The normalized spacial score (nSPS) is 12.2. The highest BCUT2D eigenvalue weighted by Crippen LogP contribution is 2.39. The van der Waals surface area contributed by atoms with Gasteiger partial charge in [-0.25, -0.2) is 4.98 Å². The lowest BCUT2D eigenvalue weighted by molar-refractivity contribution is -0.137. The van der Waals surface area contributed by atoms with Gasteiger partial charge in [0.15, 0.2) is 5.16 Å². The summed E-state index contributed by atoms with van der Waals surface area (Å²) in [4.78, 5) is 3.65. The summed E-state index contributed by atoms with van der Waals surface area (Å²) in [6.07, 6.45) is -3.51. The summed E-state index contributed by atoms with van der Waals surface area (Å²) in [5, 5.41) is -1.12. The lowest BCUT2D eigenvalue weighted by Crippen LogP contribution is -2.07. The Bertz CT molecular complexity index is 679. The van der Waals surface area contributed by atoms with Gasteiger partial charge in [0.05, 0.1) is 21.3 Å². The summed E-state index contributed by atoms with van der Waals surface area (Å²) in [7, 11) is 0. The zero-order chi connectivity index (χ0) is 16.7. The summed E-state index contributed by atoms with van der Waals surface area (Å²) < 4.78 is 64.0. The first kappa shape index (κ1) is 17.7. The molecule has 1 heterocycles. The van der Waals surface area contributed by atoms with Crippen LogP contribution in [0.15, 0.2) is 23.5 Å². The van der Waals surface area contributed by atoms with E-state index in [-0.39, 0.29) is 37.8 Å². The van der Waals surface area contributed by atoms with E-state index in [1.807, 2.05) is 0 Å². The van der Waals surface area contributed by atoms with Gasteiger partial charge in [-0.15, -0.1) is 0 Å². The first-order chi connectivity index (χ1) is 10.1. The van der Waals surface area contributed by atoms with Gasteiger partial charge in [0.2, 0.25) is 0 Å². The van der Waals surface area contributed by atoms with Gasteiger partial charge in [-0.1, -0.05) is 34.8 Å². The fraction of sp³-hybridized carbons (Fsp3) is 0.182. The second-order valence-electron chi connectivity index (χ2n) is 3.88. The predicted molar refractivity (Wildman–Crippen MR) is 75.5 cm³/mol. The van der Waals surface area contributed by atoms with E-state index >= 15 is 0 Å². The maximum atomic E-state index is 12.7. The molecule has 0 fully saturated rings. The fourth-order valence-electron chi connectivity index (χ4n) is 1.62. The highest BCUT2D eigenvalue weighted by molar-refractivity contribution is 7.99. The van der Waals surface area contributed by atoms with Crippen molar-refractivity contribution in [3.05, 3.63) is 39.1 Å². The van der Waals surface area contributed by atoms with E-state index in [1.165, 1.54) is 0 Å². The molecule has 2 rings (SSSR count). The van der Waals surface area contributed by atoms with E-state index in [2.05, 4.69) is 4.98 Å². The SMILES string of the molecule is FC(F)Sc1nc(Cl)cn1-c1c(Cl)cc(C(F)(F)F)cc1Cl. The summed E-state index contributed by atoms with van der Waals surface area (Å²) in [6.45, 7) is 0. The number of aromatic nitrogens is 2. The smallest absolute Gasteiger partial charge is 0.290 e. The molecule has 0 amide bonds. The molecule has 0 saturated carbocycles. The molecular formula is C11H4Cl3F5N2S. The first-order valence-corrected chi connectivity index (χ1v) is 7.37. The van der Waals surface area contributed by atoms with Crippen LogP contribution in [0.1, 0.15) is 5.56 Å². The van der Waals surface area contributed by atoms with Crippen LogP contribution in [-0.2, 0) is 6.18 Å². The average molecular weight is 398 g/mol.